The van der Waals surface area contributed by atoms with Crippen LogP contribution in [0.15, 0.2) is 51.0 Å². The van der Waals surface area contributed by atoms with Gasteiger partial charge < -0.3 is 0 Å². The molecule has 32 heavy (non-hydrogen) atoms. The van der Waals surface area contributed by atoms with Crippen molar-refractivity contribution >= 4 is 31.1 Å². The van der Waals surface area contributed by atoms with Gasteiger partial charge in [-0.1, -0.05) is 6.07 Å². The van der Waals surface area contributed by atoms with Crippen molar-refractivity contribution < 1.29 is 16.8 Å². The lowest BCUT2D eigenvalue weighted by molar-refractivity contribution is 0.273. The molecule has 3 aromatic rings. The number of aromatic nitrogens is 2. The molecule has 0 spiro atoms. The molecule has 1 aliphatic rings. The van der Waals surface area contributed by atoms with Crippen LogP contribution in [0.4, 0.5) is 0 Å². The van der Waals surface area contributed by atoms with Crippen LogP contribution >= 0.6 is 0 Å². The molecule has 1 aromatic heterocycles. The number of benzene rings is 2. The van der Waals surface area contributed by atoms with E-state index in [0.29, 0.717) is 11.0 Å². The molecule has 4 rings (SSSR count). The third-order valence-electron chi connectivity index (χ3n) is 6.19. The first-order valence-corrected chi connectivity index (χ1v) is 13.1. The minimum Gasteiger partial charge on any atom is -0.295 e. The molecule has 0 aliphatic carbocycles. The number of imidazole rings is 1. The third-order valence-corrected chi connectivity index (χ3v) is 9.98. The highest BCUT2D eigenvalue weighted by atomic mass is 32.2. The third kappa shape index (κ3) is 3.58. The Labute approximate surface area is 187 Å². The lowest BCUT2D eigenvalue weighted by Gasteiger charge is -2.33. The summed E-state index contributed by atoms with van der Waals surface area (Å²) in [7, 11) is -4.31. The van der Waals surface area contributed by atoms with Gasteiger partial charge in [-0.25, -0.2) is 21.6 Å². The van der Waals surface area contributed by atoms with Crippen LogP contribution in [0.3, 0.4) is 0 Å². The fraction of sp³-hybridized carbons (Fsp3) is 0.381. The lowest BCUT2D eigenvalue weighted by atomic mass is 10.1. The van der Waals surface area contributed by atoms with E-state index in [9.17, 15) is 21.6 Å². The van der Waals surface area contributed by atoms with Crippen LogP contribution < -0.4 is 5.69 Å². The molecule has 2 heterocycles. The van der Waals surface area contributed by atoms with E-state index in [1.54, 1.807) is 38.4 Å². The van der Waals surface area contributed by atoms with Gasteiger partial charge in [0.15, 0.2) is 0 Å². The second-order valence-corrected chi connectivity index (χ2v) is 12.0. The first-order valence-electron chi connectivity index (χ1n) is 10.2. The van der Waals surface area contributed by atoms with Gasteiger partial charge in [0.1, 0.15) is 0 Å². The minimum atomic E-state index is -3.83. The fourth-order valence-corrected chi connectivity index (χ4v) is 6.92. The number of aryl methyl sites for hydroxylation is 4. The van der Waals surface area contributed by atoms with Crippen molar-refractivity contribution in [3.8, 4) is 0 Å². The van der Waals surface area contributed by atoms with E-state index in [1.807, 2.05) is 13.8 Å². The average Bonchev–Trinajstić information content (AvgIpc) is 2.99. The maximum absolute atomic E-state index is 13.2. The second kappa shape index (κ2) is 7.84. The molecule has 1 fully saturated rings. The Balaban J connectivity index is 1.57. The van der Waals surface area contributed by atoms with Gasteiger partial charge in [0.2, 0.25) is 20.0 Å². The zero-order valence-corrected chi connectivity index (χ0v) is 20.1. The summed E-state index contributed by atoms with van der Waals surface area (Å²) in [5.74, 6) is 0. The van der Waals surface area contributed by atoms with Gasteiger partial charge >= 0.3 is 5.69 Å². The first kappa shape index (κ1) is 22.7. The van der Waals surface area contributed by atoms with Crippen molar-refractivity contribution in [2.75, 3.05) is 26.2 Å². The van der Waals surface area contributed by atoms with Gasteiger partial charge in [-0.05, 0) is 55.3 Å². The molecule has 0 radical (unpaired) electrons. The quantitative estimate of drug-likeness (QED) is 0.561. The fourth-order valence-electron chi connectivity index (χ4n) is 3.97. The number of sulfonamides is 2. The smallest absolute Gasteiger partial charge is 0.295 e. The Bertz CT molecular complexity index is 1480. The standard InChI is InChI=1S/C21H26N4O5S2/c1-15-5-6-17(13-16(15)2)31(27,28)24-9-11-25(12-10-24)32(29,30)18-7-8-19-20(14-18)23(4)21(26)22(19)3/h5-8,13-14H,9-12H2,1-4H3. The number of piperazine rings is 1. The van der Waals surface area contributed by atoms with E-state index in [-0.39, 0.29) is 41.7 Å². The van der Waals surface area contributed by atoms with Gasteiger partial charge in [-0.3, -0.25) is 9.13 Å². The predicted molar refractivity (Wildman–Crippen MR) is 122 cm³/mol. The van der Waals surface area contributed by atoms with Crippen LogP contribution in [0, 0.1) is 13.8 Å². The number of fused-ring (bicyclic) bond motifs is 1. The number of rotatable bonds is 4. The molecule has 0 unspecified atom stereocenters. The van der Waals surface area contributed by atoms with Gasteiger partial charge in [-0.2, -0.15) is 8.61 Å². The predicted octanol–water partition coefficient (Wildman–Crippen LogP) is 1.19. The highest BCUT2D eigenvalue weighted by molar-refractivity contribution is 7.89. The molecular weight excluding hydrogens is 452 g/mol. The molecule has 0 amide bonds. The molecule has 9 nitrogen and oxygen atoms in total. The lowest BCUT2D eigenvalue weighted by Crippen LogP contribution is -2.50. The largest absolute Gasteiger partial charge is 0.328 e. The Kier molecular flexibility index (Phi) is 5.56. The van der Waals surface area contributed by atoms with Crippen molar-refractivity contribution in [2.24, 2.45) is 14.1 Å². The summed E-state index contributed by atoms with van der Waals surface area (Å²) >= 11 is 0. The van der Waals surface area contributed by atoms with Crippen LogP contribution in [-0.2, 0) is 34.1 Å². The van der Waals surface area contributed by atoms with Crippen LogP contribution in [0.5, 0.6) is 0 Å². The van der Waals surface area contributed by atoms with Crippen molar-refractivity contribution in [3.63, 3.8) is 0 Å². The normalized spacial score (nSPS) is 16.6. The molecule has 0 saturated carbocycles. The van der Waals surface area contributed by atoms with Crippen molar-refractivity contribution in [2.45, 2.75) is 23.6 Å². The Morgan fingerprint density at radius 1 is 0.656 bits per heavy atom. The first-order chi connectivity index (χ1) is 14.9. The van der Waals surface area contributed by atoms with Crippen LogP contribution in [0.25, 0.3) is 11.0 Å². The SMILES string of the molecule is Cc1ccc(S(=O)(=O)N2CCN(S(=O)(=O)c3ccc4c(c3)n(C)c(=O)n4C)CC2)cc1C. The number of nitrogens with zero attached hydrogens (tertiary/aromatic N) is 4. The van der Waals surface area contributed by atoms with E-state index < -0.39 is 20.0 Å². The molecule has 172 valence electrons. The van der Waals surface area contributed by atoms with Gasteiger partial charge in [0.05, 0.1) is 20.8 Å². The van der Waals surface area contributed by atoms with E-state index >= 15 is 0 Å². The summed E-state index contributed by atoms with van der Waals surface area (Å²) in [6, 6.07) is 9.59. The van der Waals surface area contributed by atoms with E-state index in [0.717, 1.165) is 11.1 Å². The van der Waals surface area contributed by atoms with Gasteiger partial charge in [0, 0.05) is 40.3 Å². The van der Waals surface area contributed by atoms with E-state index in [4.69, 9.17) is 0 Å². The Morgan fingerprint density at radius 3 is 1.66 bits per heavy atom. The zero-order valence-electron chi connectivity index (χ0n) is 18.4. The van der Waals surface area contributed by atoms with Crippen molar-refractivity contribution in [3.05, 3.63) is 58.0 Å². The molecule has 0 N–H and O–H groups in total. The van der Waals surface area contributed by atoms with Gasteiger partial charge in [-0.15, -0.1) is 0 Å². The van der Waals surface area contributed by atoms with Crippen LogP contribution in [-0.4, -0.2) is 60.8 Å². The summed E-state index contributed by atoms with van der Waals surface area (Å²) in [6.45, 7) is 4.02. The van der Waals surface area contributed by atoms with Crippen molar-refractivity contribution in [1.29, 1.82) is 0 Å². The average molecular weight is 479 g/mol. The summed E-state index contributed by atoms with van der Waals surface area (Å²) in [5, 5.41) is 0. The molecule has 1 aliphatic heterocycles. The van der Waals surface area contributed by atoms with Gasteiger partial charge in [0.25, 0.3) is 0 Å². The zero-order chi connectivity index (χ0) is 23.4. The molecule has 1 saturated heterocycles. The summed E-state index contributed by atoms with van der Waals surface area (Å²) in [5.41, 5.74) is 2.82. The summed E-state index contributed by atoms with van der Waals surface area (Å²) in [4.78, 5) is 12.4. The van der Waals surface area contributed by atoms with Crippen LogP contribution in [0.2, 0.25) is 0 Å². The maximum atomic E-state index is 13.2. The molecular formula is C21H26N4O5S2. The summed E-state index contributed by atoms with van der Waals surface area (Å²) in [6.07, 6.45) is 0. The highest BCUT2D eigenvalue weighted by Gasteiger charge is 2.34. The van der Waals surface area contributed by atoms with E-state index in [2.05, 4.69) is 0 Å². The summed E-state index contributed by atoms with van der Waals surface area (Å²) < 4.78 is 57.9. The highest BCUT2D eigenvalue weighted by Crippen LogP contribution is 2.25. The monoisotopic (exact) mass is 478 g/mol. The van der Waals surface area contributed by atoms with E-state index in [1.165, 1.54) is 29.9 Å². The topological polar surface area (TPSA) is 102 Å². The molecule has 11 heteroatoms. The van der Waals surface area contributed by atoms with Crippen LogP contribution in [0.1, 0.15) is 11.1 Å². The molecule has 0 atom stereocenters. The number of hydrogen-bond donors (Lipinski definition) is 0. The second-order valence-electron chi connectivity index (χ2n) is 8.11. The number of hydrogen-bond acceptors (Lipinski definition) is 5. The minimum absolute atomic E-state index is 0.0537. The Hall–Kier alpha value is -2.47. The maximum Gasteiger partial charge on any atom is 0.328 e. The van der Waals surface area contributed by atoms with Crippen molar-refractivity contribution in [1.82, 2.24) is 17.7 Å². The molecule has 2 aromatic carbocycles. The Morgan fingerprint density at radius 2 is 1.12 bits per heavy atom. The molecule has 0 bridgehead atoms.